The quantitative estimate of drug-likeness (QED) is 0.818. The average Bonchev–Trinajstić information content (AvgIpc) is 2.46. The molecule has 4 heteroatoms. The van der Waals surface area contributed by atoms with E-state index < -0.39 is 0 Å². The number of rotatable bonds is 5. The smallest absolute Gasteiger partial charge is 0.0812 e. The number of benzene rings is 2. The molecule has 0 aromatic heterocycles. The molecule has 0 heterocycles. The molecule has 94 valence electrons. The van der Waals surface area contributed by atoms with E-state index in [9.17, 15) is 3.89 Å². The van der Waals surface area contributed by atoms with Crippen molar-refractivity contribution >= 4 is 21.4 Å². The Morgan fingerprint density at radius 3 is 2.33 bits per heavy atom. The van der Waals surface area contributed by atoms with Gasteiger partial charge in [0.05, 0.1) is 12.1 Å². The third-order valence-corrected chi connectivity index (χ3v) is 3.77. The van der Waals surface area contributed by atoms with Gasteiger partial charge in [-0.05, 0) is 23.3 Å². The summed E-state index contributed by atoms with van der Waals surface area (Å²) in [6.45, 7) is 0.764. The zero-order valence-corrected chi connectivity index (χ0v) is 11.8. The molecule has 0 aliphatic rings. The fraction of sp³-hybridized carbons (Fsp3) is 0.143. The minimum Gasteiger partial charge on any atom is -0.303 e. The molecule has 2 aromatic carbocycles. The molecule has 0 radical (unpaired) electrons. The van der Waals surface area contributed by atoms with Crippen LogP contribution in [0.5, 0.6) is 0 Å². The van der Waals surface area contributed by atoms with Crippen molar-refractivity contribution in [1.82, 2.24) is 5.32 Å². The van der Waals surface area contributed by atoms with E-state index in [2.05, 4.69) is 26.7 Å². The Bertz CT molecular complexity index is 475. The van der Waals surface area contributed by atoms with Gasteiger partial charge in [-0.25, -0.2) is 0 Å². The van der Waals surface area contributed by atoms with E-state index in [1.54, 1.807) is 12.1 Å². The van der Waals surface area contributed by atoms with Gasteiger partial charge in [-0.15, -0.1) is 9.24 Å². The maximum atomic E-state index is 12.3. The summed E-state index contributed by atoms with van der Waals surface area (Å²) >= 11 is 0.274. The molecule has 2 rings (SSSR count). The third-order valence-electron chi connectivity index (χ3n) is 2.70. The van der Waals surface area contributed by atoms with Crippen molar-refractivity contribution < 1.29 is 3.89 Å². The Kier molecular flexibility index (Phi) is 5.18. The maximum absolute atomic E-state index is 12.3. The molecular weight excluding hydrogens is 264 g/mol. The van der Waals surface area contributed by atoms with Crippen LogP contribution in [0.2, 0.25) is 0 Å². The first-order valence-corrected chi connectivity index (χ1v) is 7.09. The first-order chi connectivity index (χ1) is 8.79. The Balaban J connectivity index is 1.91. The van der Waals surface area contributed by atoms with Crippen molar-refractivity contribution in [2.75, 3.05) is 0 Å². The Morgan fingerprint density at radius 1 is 1.06 bits per heavy atom. The molecule has 1 nitrogen and oxygen atoms in total. The van der Waals surface area contributed by atoms with Crippen LogP contribution in [-0.2, 0) is 6.54 Å². The van der Waals surface area contributed by atoms with Crippen molar-refractivity contribution in [2.24, 2.45) is 0 Å². The lowest BCUT2D eigenvalue weighted by Gasteiger charge is -2.14. The van der Waals surface area contributed by atoms with E-state index in [1.165, 1.54) is 5.56 Å². The van der Waals surface area contributed by atoms with Crippen LogP contribution < -0.4 is 5.32 Å². The van der Waals surface area contributed by atoms with E-state index in [4.69, 9.17) is 0 Å². The monoisotopic (exact) mass is 279 g/mol. The SMILES string of the molecule is FSc1ccc(CNC(P)c2ccccc2)cc1. The summed E-state index contributed by atoms with van der Waals surface area (Å²) in [7, 11) is 2.79. The lowest BCUT2D eigenvalue weighted by Crippen LogP contribution is -2.15. The average molecular weight is 279 g/mol. The number of halogens is 1. The second-order valence-corrected chi connectivity index (χ2v) is 5.28. The van der Waals surface area contributed by atoms with Crippen LogP contribution in [0.15, 0.2) is 59.5 Å². The van der Waals surface area contributed by atoms with E-state index in [-0.39, 0.29) is 17.9 Å². The fourth-order valence-corrected chi connectivity index (χ4v) is 2.24. The Morgan fingerprint density at radius 2 is 1.72 bits per heavy atom. The van der Waals surface area contributed by atoms with Crippen molar-refractivity contribution in [1.29, 1.82) is 0 Å². The molecule has 0 saturated heterocycles. The Hall–Kier alpha value is -0.890. The summed E-state index contributed by atoms with van der Waals surface area (Å²) < 4.78 is 12.3. The first-order valence-electron chi connectivity index (χ1n) is 5.71. The van der Waals surface area contributed by atoms with Crippen LogP contribution in [0, 0.1) is 0 Å². The zero-order valence-electron chi connectivity index (χ0n) is 9.84. The topological polar surface area (TPSA) is 12.0 Å². The zero-order chi connectivity index (χ0) is 12.8. The second-order valence-electron chi connectivity index (χ2n) is 3.99. The molecule has 0 saturated carbocycles. The lowest BCUT2D eigenvalue weighted by atomic mass is 10.2. The predicted molar refractivity (Wildman–Crippen MR) is 79.1 cm³/mol. The van der Waals surface area contributed by atoms with E-state index in [1.807, 2.05) is 30.3 Å². The van der Waals surface area contributed by atoms with Crippen molar-refractivity contribution in [3.05, 3.63) is 65.7 Å². The molecule has 1 N–H and O–H groups in total. The number of hydrogen-bond acceptors (Lipinski definition) is 2. The van der Waals surface area contributed by atoms with Gasteiger partial charge in [-0.1, -0.05) is 42.5 Å². The molecule has 18 heavy (non-hydrogen) atoms. The van der Waals surface area contributed by atoms with Gasteiger partial charge < -0.3 is 5.32 Å². The van der Waals surface area contributed by atoms with E-state index in [0.717, 1.165) is 12.1 Å². The van der Waals surface area contributed by atoms with Crippen LogP contribution in [0.1, 0.15) is 16.9 Å². The molecule has 2 aromatic rings. The highest BCUT2D eigenvalue weighted by atomic mass is 32.2. The highest BCUT2D eigenvalue weighted by Gasteiger charge is 2.03. The highest BCUT2D eigenvalue weighted by Crippen LogP contribution is 2.21. The minimum atomic E-state index is 0.224. The van der Waals surface area contributed by atoms with Crippen LogP contribution in [0.4, 0.5) is 3.89 Å². The van der Waals surface area contributed by atoms with Gasteiger partial charge in [-0.3, -0.25) is 0 Å². The van der Waals surface area contributed by atoms with E-state index >= 15 is 0 Å². The standard InChI is InChI=1S/C14H15FNPS/c15-18-13-8-6-11(7-9-13)10-16-14(17)12-4-2-1-3-5-12/h1-9,14,16H,10,17H2. The fourth-order valence-electron chi connectivity index (χ4n) is 1.66. The summed E-state index contributed by atoms with van der Waals surface area (Å²) in [6.07, 6.45) is 0. The summed E-state index contributed by atoms with van der Waals surface area (Å²) in [4.78, 5) is 0.643. The van der Waals surface area contributed by atoms with E-state index in [0.29, 0.717) is 4.90 Å². The molecule has 0 fully saturated rings. The molecule has 2 unspecified atom stereocenters. The molecular formula is C14H15FNPS. The lowest BCUT2D eigenvalue weighted by molar-refractivity contribution is 0.677. The molecule has 0 amide bonds. The molecule has 0 aliphatic carbocycles. The second kappa shape index (κ2) is 6.89. The van der Waals surface area contributed by atoms with Crippen molar-refractivity contribution in [3.8, 4) is 0 Å². The predicted octanol–water partition coefficient (Wildman–Crippen LogP) is 4.33. The third kappa shape index (κ3) is 3.81. The summed E-state index contributed by atoms with van der Waals surface area (Å²) in [5, 5.41) is 3.42. The van der Waals surface area contributed by atoms with Gasteiger partial charge in [-0.2, -0.15) is 3.89 Å². The van der Waals surface area contributed by atoms with Gasteiger partial charge >= 0.3 is 0 Å². The molecule has 0 bridgehead atoms. The van der Waals surface area contributed by atoms with Crippen LogP contribution in [-0.4, -0.2) is 0 Å². The summed E-state index contributed by atoms with van der Waals surface area (Å²) in [5.41, 5.74) is 2.38. The summed E-state index contributed by atoms with van der Waals surface area (Å²) in [5.74, 6) is 0.224. The van der Waals surface area contributed by atoms with Crippen LogP contribution >= 0.6 is 21.4 Å². The maximum Gasteiger partial charge on any atom is 0.0812 e. The van der Waals surface area contributed by atoms with Gasteiger partial charge in [0.2, 0.25) is 0 Å². The first kappa shape index (κ1) is 13.5. The molecule has 0 aliphatic heterocycles. The normalized spacial score (nSPS) is 12.3. The largest absolute Gasteiger partial charge is 0.303 e. The van der Waals surface area contributed by atoms with Crippen molar-refractivity contribution in [3.63, 3.8) is 0 Å². The summed E-state index contributed by atoms with van der Waals surface area (Å²) in [6, 6.07) is 17.7. The molecule has 2 atom stereocenters. The van der Waals surface area contributed by atoms with Gasteiger partial charge in [0.25, 0.3) is 0 Å². The van der Waals surface area contributed by atoms with Gasteiger partial charge in [0, 0.05) is 17.2 Å². The van der Waals surface area contributed by atoms with Gasteiger partial charge in [0.15, 0.2) is 0 Å². The van der Waals surface area contributed by atoms with Crippen LogP contribution in [0.25, 0.3) is 0 Å². The highest BCUT2D eigenvalue weighted by molar-refractivity contribution is 7.94. The van der Waals surface area contributed by atoms with Crippen molar-refractivity contribution in [2.45, 2.75) is 17.2 Å². The number of hydrogen-bond donors (Lipinski definition) is 1. The molecule has 0 spiro atoms. The minimum absolute atomic E-state index is 0.224. The number of nitrogens with one attached hydrogen (secondary N) is 1. The van der Waals surface area contributed by atoms with Gasteiger partial charge in [0.1, 0.15) is 0 Å². The van der Waals surface area contributed by atoms with Crippen LogP contribution in [0.3, 0.4) is 0 Å². The Labute approximate surface area is 114 Å².